The summed E-state index contributed by atoms with van der Waals surface area (Å²) in [4.78, 5) is 0. The Hall–Kier alpha value is -0.380. The Morgan fingerprint density at radius 3 is 3.00 bits per heavy atom. The van der Waals surface area contributed by atoms with Crippen molar-refractivity contribution in [1.29, 1.82) is 0 Å². The van der Waals surface area contributed by atoms with Gasteiger partial charge in [-0.2, -0.15) is 0 Å². The minimum Gasteiger partial charge on any atom is -0.389 e. The lowest BCUT2D eigenvalue weighted by Crippen LogP contribution is -2.30. The Kier molecular flexibility index (Phi) is 8.44. The van der Waals surface area contributed by atoms with E-state index in [-0.39, 0.29) is 0 Å². The summed E-state index contributed by atoms with van der Waals surface area (Å²) in [7, 11) is 0. The van der Waals surface area contributed by atoms with Crippen molar-refractivity contribution in [3.05, 3.63) is 12.7 Å². The normalized spacial score (nSPS) is 12.8. The average Bonchev–Trinajstić information content (AvgIpc) is 2.09. The molecule has 0 aromatic heterocycles. The smallest absolute Gasteiger partial charge is 0.0897 e. The molecule has 0 spiro atoms. The highest BCUT2D eigenvalue weighted by molar-refractivity contribution is 4.68. The third-order valence-electron chi connectivity index (χ3n) is 1.42. The van der Waals surface area contributed by atoms with Crippen LogP contribution in [0.1, 0.15) is 13.3 Å². The molecule has 2 N–H and O–H groups in total. The van der Waals surface area contributed by atoms with Gasteiger partial charge in [-0.1, -0.05) is 6.08 Å². The van der Waals surface area contributed by atoms with Crippen LogP contribution in [-0.4, -0.2) is 37.5 Å². The Morgan fingerprint density at radius 2 is 2.42 bits per heavy atom. The first kappa shape index (κ1) is 11.6. The molecule has 0 fully saturated rings. The van der Waals surface area contributed by atoms with E-state index in [1.165, 1.54) is 0 Å². The average molecular weight is 173 g/mol. The van der Waals surface area contributed by atoms with E-state index in [0.29, 0.717) is 19.8 Å². The molecule has 0 bridgehead atoms. The van der Waals surface area contributed by atoms with E-state index in [0.717, 1.165) is 13.0 Å². The first-order chi connectivity index (χ1) is 5.81. The number of aliphatic hydroxyl groups is 1. The fourth-order valence-electron chi connectivity index (χ4n) is 0.786. The minimum absolute atomic E-state index is 0.394. The van der Waals surface area contributed by atoms with Crippen molar-refractivity contribution in [2.24, 2.45) is 0 Å². The number of ether oxygens (including phenoxy) is 1. The number of rotatable bonds is 8. The molecule has 0 aromatic carbocycles. The number of hydrogen-bond acceptors (Lipinski definition) is 3. The zero-order valence-corrected chi connectivity index (χ0v) is 7.75. The Labute approximate surface area is 74.4 Å². The van der Waals surface area contributed by atoms with Crippen LogP contribution in [-0.2, 0) is 4.74 Å². The molecule has 0 amide bonds. The van der Waals surface area contributed by atoms with E-state index in [2.05, 4.69) is 11.9 Å². The largest absolute Gasteiger partial charge is 0.389 e. The van der Waals surface area contributed by atoms with Gasteiger partial charge in [0.1, 0.15) is 0 Å². The van der Waals surface area contributed by atoms with Crippen molar-refractivity contribution in [2.75, 3.05) is 26.3 Å². The van der Waals surface area contributed by atoms with Crippen LogP contribution < -0.4 is 5.32 Å². The third-order valence-corrected chi connectivity index (χ3v) is 1.42. The molecule has 0 radical (unpaired) electrons. The van der Waals surface area contributed by atoms with E-state index in [1.807, 2.05) is 13.0 Å². The van der Waals surface area contributed by atoms with E-state index in [1.54, 1.807) is 0 Å². The second-order valence-corrected chi connectivity index (χ2v) is 2.59. The molecular formula is C9H19NO2. The molecule has 72 valence electrons. The fraction of sp³-hybridized carbons (Fsp3) is 0.778. The summed E-state index contributed by atoms with van der Waals surface area (Å²) in [6.45, 7) is 8.04. The number of aliphatic hydroxyl groups excluding tert-OH is 1. The van der Waals surface area contributed by atoms with Crippen LogP contribution >= 0.6 is 0 Å². The first-order valence-corrected chi connectivity index (χ1v) is 4.38. The summed E-state index contributed by atoms with van der Waals surface area (Å²) < 4.78 is 5.04. The molecular weight excluding hydrogens is 154 g/mol. The Morgan fingerprint density at radius 1 is 1.67 bits per heavy atom. The highest BCUT2D eigenvalue weighted by Gasteiger charge is 2.01. The van der Waals surface area contributed by atoms with E-state index < -0.39 is 6.10 Å². The zero-order valence-electron chi connectivity index (χ0n) is 7.75. The molecule has 3 nitrogen and oxygen atoms in total. The van der Waals surface area contributed by atoms with Crippen LogP contribution in [0.3, 0.4) is 0 Å². The van der Waals surface area contributed by atoms with Gasteiger partial charge >= 0.3 is 0 Å². The lowest BCUT2D eigenvalue weighted by atomic mass is 10.3. The summed E-state index contributed by atoms with van der Waals surface area (Å²) >= 11 is 0. The lowest BCUT2D eigenvalue weighted by molar-refractivity contribution is 0.0430. The maximum Gasteiger partial charge on any atom is 0.0897 e. The predicted octanol–water partition coefficient (Wildman–Crippen LogP) is 0.549. The molecule has 0 saturated heterocycles. The van der Waals surface area contributed by atoms with Crippen LogP contribution in [0.4, 0.5) is 0 Å². The molecule has 3 heteroatoms. The quantitative estimate of drug-likeness (QED) is 0.416. The molecule has 0 aromatic rings. The van der Waals surface area contributed by atoms with Crippen molar-refractivity contribution in [2.45, 2.75) is 19.4 Å². The van der Waals surface area contributed by atoms with Crippen molar-refractivity contribution < 1.29 is 9.84 Å². The molecule has 0 rings (SSSR count). The van der Waals surface area contributed by atoms with Gasteiger partial charge in [-0.05, 0) is 19.9 Å². The Bertz CT molecular complexity index is 107. The van der Waals surface area contributed by atoms with Crippen molar-refractivity contribution >= 4 is 0 Å². The SMILES string of the molecule is C=CCCNCC(O)COCC. The summed E-state index contributed by atoms with van der Waals surface area (Å²) in [5, 5.41) is 12.4. The highest BCUT2D eigenvalue weighted by Crippen LogP contribution is 1.84. The Balaban J connectivity index is 3.07. The van der Waals surface area contributed by atoms with Crippen LogP contribution in [0.25, 0.3) is 0 Å². The van der Waals surface area contributed by atoms with Crippen molar-refractivity contribution in [3.8, 4) is 0 Å². The zero-order chi connectivity index (χ0) is 9.23. The van der Waals surface area contributed by atoms with Gasteiger partial charge in [0.25, 0.3) is 0 Å². The van der Waals surface area contributed by atoms with Crippen molar-refractivity contribution in [3.63, 3.8) is 0 Å². The van der Waals surface area contributed by atoms with Gasteiger partial charge in [0.15, 0.2) is 0 Å². The summed E-state index contributed by atoms with van der Waals surface area (Å²) in [6, 6.07) is 0. The van der Waals surface area contributed by atoms with Gasteiger partial charge in [0.2, 0.25) is 0 Å². The van der Waals surface area contributed by atoms with Gasteiger partial charge in [-0.15, -0.1) is 6.58 Å². The standard InChI is InChI=1S/C9H19NO2/c1-3-5-6-10-7-9(11)8-12-4-2/h3,9-11H,1,4-8H2,2H3. The molecule has 1 unspecified atom stereocenters. The third kappa shape index (κ3) is 7.72. The maximum atomic E-state index is 9.27. The van der Waals surface area contributed by atoms with Crippen LogP contribution in [0.15, 0.2) is 12.7 Å². The maximum absolute atomic E-state index is 9.27. The second kappa shape index (κ2) is 8.71. The van der Waals surface area contributed by atoms with E-state index in [4.69, 9.17) is 4.74 Å². The van der Waals surface area contributed by atoms with Crippen molar-refractivity contribution in [1.82, 2.24) is 5.32 Å². The first-order valence-electron chi connectivity index (χ1n) is 4.38. The van der Waals surface area contributed by atoms with Gasteiger partial charge in [0, 0.05) is 13.2 Å². The molecule has 0 heterocycles. The van der Waals surface area contributed by atoms with Crippen LogP contribution in [0.5, 0.6) is 0 Å². The van der Waals surface area contributed by atoms with Gasteiger partial charge in [-0.3, -0.25) is 0 Å². The summed E-state index contributed by atoms with van der Waals surface area (Å²) in [5.74, 6) is 0. The number of nitrogens with one attached hydrogen (secondary N) is 1. The van der Waals surface area contributed by atoms with Gasteiger partial charge in [0.05, 0.1) is 12.7 Å². The van der Waals surface area contributed by atoms with E-state index in [9.17, 15) is 5.11 Å². The van der Waals surface area contributed by atoms with E-state index >= 15 is 0 Å². The fourth-order valence-corrected chi connectivity index (χ4v) is 0.786. The predicted molar refractivity (Wildman–Crippen MR) is 50.2 cm³/mol. The van der Waals surface area contributed by atoms with Gasteiger partial charge in [-0.25, -0.2) is 0 Å². The summed E-state index contributed by atoms with van der Waals surface area (Å²) in [6.07, 6.45) is 2.39. The monoisotopic (exact) mass is 173 g/mol. The number of hydrogen-bond donors (Lipinski definition) is 2. The molecule has 12 heavy (non-hydrogen) atoms. The molecule has 0 aliphatic heterocycles. The lowest BCUT2D eigenvalue weighted by Gasteiger charge is -2.10. The van der Waals surface area contributed by atoms with Crippen LogP contribution in [0.2, 0.25) is 0 Å². The highest BCUT2D eigenvalue weighted by atomic mass is 16.5. The molecule has 1 atom stereocenters. The summed E-state index contributed by atoms with van der Waals surface area (Å²) in [5.41, 5.74) is 0. The second-order valence-electron chi connectivity index (χ2n) is 2.59. The van der Waals surface area contributed by atoms with Crippen LogP contribution in [0, 0.1) is 0 Å². The van der Waals surface area contributed by atoms with Gasteiger partial charge < -0.3 is 15.2 Å². The topological polar surface area (TPSA) is 41.5 Å². The molecule has 0 aliphatic carbocycles. The minimum atomic E-state index is -0.394. The molecule has 0 aliphatic rings. The molecule has 0 saturated carbocycles.